The highest BCUT2D eigenvalue weighted by molar-refractivity contribution is 7.89. The molecule has 0 aliphatic heterocycles. The molecule has 0 bridgehead atoms. The normalized spacial score (nSPS) is 11.8. The predicted octanol–water partition coefficient (Wildman–Crippen LogP) is 1.37. The minimum atomic E-state index is -3.43. The molecule has 20 heavy (non-hydrogen) atoms. The summed E-state index contributed by atoms with van der Waals surface area (Å²) in [4.78, 5) is 0.234. The Morgan fingerprint density at radius 3 is 2.30 bits per heavy atom. The second-order valence-corrected chi connectivity index (χ2v) is 6.26. The minimum absolute atomic E-state index is 0.234. The zero-order valence-electron chi connectivity index (χ0n) is 11.7. The van der Waals surface area contributed by atoms with E-state index in [-0.39, 0.29) is 4.90 Å². The second kappa shape index (κ2) is 5.26. The van der Waals surface area contributed by atoms with E-state index in [0.29, 0.717) is 12.2 Å². The van der Waals surface area contributed by atoms with Crippen molar-refractivity contribution in [2.45, 2.75) is 25.7 Å². The summed E-state index contributed by atoms with van der Waals surface area (Å²) in [7, 11) is -3.43. The van der Waals surface area contributed by atoms with Gasteiger partial charge in [0.1, 0.15) is 0 Å². The minimum Gasteiger partial charge on any atom is -0.396 e. The van der Waals surface area contributed by atoms with E-state index in [1.54, 1.807) is 35.9 Å². The molecule has 2 aromatic rings. The average molecular weight is 294 g/mol. The van der Waals surface area contributed by atoms with Crippen molar-refractivity contribution in [1.29, 1.82) is 0 Å². The fraction of sp³-hybridized carbons (Fsp3) is 0.308. The first-order valence-corrected chi connectivity index (χ1v) is 7.77. The number of sulfonamides is 1. The van der Waals surface area contributed by atoms with E-state index in [4.69, 9.17) is 5.73 Å². The number of nitrogens with one attached hydrogen (secondary N) is 1. The van der Waals surface area contributed by atoms with Crippen LogP contribution >= 0.6 is 0 Å². The summed E-state index contributed by atoms with van der Waals surface area (Å²) in [6.45, 7) is 5.81. The molecule has 1 aromatic carbocycles. The van der Waals surface area contributed by atoms with Crippen LogP contribution in [0.4, 0.5) is 5.69 Å². The lowest BCUT2D eigenvalue weighted by Gasteiger charge is -2.07. The van der Waals surface area contributed by atoms with Gasteiger partial charge in [-0.1, -0.05) is 6.92 Å². The summed E-state index contributed by atoms with van der Waals surface area (Å²) >= 11 is 0. The number of rotatable bonds is 4. The van der Waals surface area contributed by atoms with Gasteiger partial charge in [0.2, 0.25) is 10.0 Å². The summed E-state index contributed by atoms with van der Waals surface area (Å²) in [5.41, 5.74) is 8.91. The van der Waals surface area contributed by atoms with Crippen molar-refractivity contribution < 1.29 is 8.42 Å². The van der Waals surface area contributed by atoms with Crippen LogP contribution in [0.1, 0.15) is 18.3 Å². The van der Waals surface area contributed by atoms with Crippen molar-refractivity contribution in [2.24, 2.45) is 0 Å². The fourth-order valence-corrected chi connectivity index (χ4v) is 2.99. The molecule has 3 N–H and O–H groups in total. The maximum atomic E-state index is 11.9. The molecule has 0 radical (unpaired) electrons. The molecule has 0 saturated carbocycles. The van der Waals surface area contributed by atoms with E-state index in [2.05, 4.69) is 9.82 Å². The maximum absolute atomic E-state index is 11.9. The molecular weight excluding hydrogens is 276 g/mol. The summed E-state index contributed by atoms with van der Waals surface area (Å²) in [5.74, 6) is 0. The lowest BCUT2D eigenvalue weighted by molar-refractivity contribution is 0.584. The Bertz CT molecular complexity index is 718. The maximum Gasteiger partial charge on any atom is 0.240 e. The van der Waals surface area contributed by atoms with Crippen molar-refractivity contribution in [3.8, 4) is 5.69 Å². The fourth-order valence-electron chi connectivity index (χ4n) is 1.95. The number of aromatic nitrogens is 2. The van der Waals surface area contributed by atoms with Gasteiger partial charge in [0.15, 0.2) is 0 Å². The summed E-state index contributed by atoms with van der Waals surface area (Å²) < 4.78 is 27.9. The smallest absolute Gasteiger partial charge is 0.240 e. The van der Waals surface area contributed by atoms with Crippen molar-refractivity contribution in [3.63, 3.8) is 0 Å². The van der Waals surface area contributed by atoms with Gasteiger partial charge in [-0.3, -0.25) is 0 Å². The Labute approximate surface area is 118 Å². The third-order valence-electron chi connectivity index (χ3n) is 3.07. The molecule has 0 saturated heterocycles. The van der Waals surface area contributed by atoms with E-state index in [9.17, 15) is 8.42 Å². The molecule has 1 aromatic heterocycles. The van der Waals surface area contributed by atoms with Gasteiger partial charge in [-0.05, 0) is 38.1 Å². The number of anilines is 1. The van der Waals surface area contributed by atoms with Crippen LogP contribution in [-0.4, -0.2) is 24.7 Å². The zero-order chi connectivity index (χ0) is 14.9. The Morgan fingerprint density at radius 1 is 1.25 bits per heavy atom. The largest absolute Gasteiger partial charge is 0.396 e. The summed E-state index contributed by atoms with van der Waals surface area (Å²) in [5, 5.41) is 4.33. The molecule has 0 atom stereocenters. The topological polar surface area (TPSA) is 90.0 Å². The van der Waals surface area contributed by atoms with Crippen LogP contribution < -0.4 is 10.5 Å². The molecule has 0 spiro atoms. The van der Waals surface area contributed by atoms with Gasteiger partial charge in [0.25, 0.3) is 0 Å². The van der Waals surface area contributed by atoms with Gasteiger partial charge in [0.05, 0.1) is 27.7 Å². The number of nitrogens with zero attached hydrogens (tertiary/aromatic N) is 2. The number of aryl methyl sites for hydroxylation is 1. The highest BCUT2D eigenvalue weighted by atomic mass is 32.2. The summed E-state index contributed by atoms with van der Waals surface area (Å²) in [6.07, 6.45) is 0. The highest BCUT2D eigenvalue weighted by Gasteiger charge is 2.14. The van der Waals surface area contributed by atoms with Crippen LogP contribution in [0.25, 0.3) is 5.69 Å². The van der Waals surface area contributed by atoms with Crippen LogP contribution in [0.3, 0.4) is 0 Å². The van der Waals surface area contributed by atoms with Gasteiger partial charge in [-0.15, -0.1) is 0 Å². The van der Waals surface area contributed by atoms with Crippen molar-refractivity contribution >= 4 is 15.7 Å². The molecule has 2 rings (SSSR count). The molecule has 0 fully saturated rings. The molecule has 0 amide bonds. The molecule has 6 nitrogen and oxygen atoms in total. The third-order valence-corrected chi connectivity index (χ3v) is 4.63. The Hall–Kier alpha value is -1.86. The van der Waals surface area contributed by atoms with Crippen LogP contribution in [-0.2, 0) is 10.0 Å². The van der Waals surface area contributed by atoms with E-state index in [1.165, 1.54) is 0 Å². The number of nitrogens with two attached hydrogens (primary N) is 1. The van der Waals surface area contributed by atoms with Gasteiger partial charge in [-0.2, -0.15) is 5.10 Å². The number of benzene rings is 1. The van der Waals surface area contributed by atoms with Crippen LogP contribution in [0.2, 0.25) is 0 Å². The number of hydrogen-bond donors (Lipinski definition) is 2. The van der Waals surface area contributed by atoms with E-state index in [0.717, 1.165) is 17.1 Å². The molecule has 108 valence electrons. The molecular formula is C13H18N4O2S. The Kier molecular flexibility index (Phi) is 3.82. The highest BCUT2D eigenvalue weighted by Crippen LogP contribution is 2.20. The van der Waals surface area contributed by atoms with Crippen molar-refractivity contribution in [3.05, 3.63) is 35.7 Å². The van der Waals surface area contributed by atoms with Crippen LogP contribution in [0.15, 0.2) is 29.2 Å². The van der Waals surface area contributed by atoms with Gasteiger partial charge >= 0.3 is 0 Å². The van der Waals surface area contributed by atoms with Gasteiger partial charge in [0, 0.05) is 6.54 Å². The zero-order valence-corrected chi connectivity index (χ0v) is 12.5. The lowest BCUT2D eigenvalue weighted by Crippen LogP contribution is -2.23. The Morgan fingerprint density at radius 2 is 1.85 bits per heavy atom. The first kappa shape index (κ1) is 14.5. The molecule has 0 aliphatic rings. The monoisotopic (exact) mass is 294 g/mol. The van der Waals surface area contributed by atoms with E-state index < -0.39 is 10.0 Å². The predicted molar refractivity (Wildman–Crippen MR) is 78.3 cm³/mol. The van der Waals surface area contributed by atoms with Crippen molar-refractivity contribution in [1.82, 2.24) is 14.5 Å². The van der Waals surface area contributed by atoms with E-state index >= 15 is 0 Å². The Balaban J connectivity index is 2.40. The first-order valence-electron chi connectivity index (χ1n) is 6.28. The standard InChI is InChI=1S/C13H18N4O2S/c1-4-15-20(18,19)12-7-5-11(6-8-12)17-10(3)13(14)9(2)16-17/h5-8,15H,4,14H2,1-3H3. The second-order valence-electron chi connectivity index (χ2n) is 4.49. The molecule has 0 aliphatic carbocycles. The lowest BCUT2D eigenvalue weighted by atomic mass is 10.3. The van der Waals surface area contributed by atoms with Crippen LogP contribution in [0.5, 0.6) is 0 Å². The average Bonchev–Trinajstić information content (AvgIpc) is 2.67. The molecule has 7 heteroatoms. The molecule has 0 unspecified atom stereocenters. The molecule has 1 heterocycles. The number of nitrogen functional groups attached to an aromatic ring is 1. The van der Waals surface area contributed by atoms with Gasteiger partial charge in [-0.25, -0.2) is 17.8 Å². The van der Waals surface area contributed by atoms with Gasteiger partial charge < -0.3 is 5.73 Å². The number of hydrogen-bond acceptors (Lipinski definition) is 4. The SMILES string of the molecule is CCNS(=O)(=O)c1ccc(-n2nc(C)c(N)c2C)cc1. The van der Waals surface area contributed by atoms with Crippen LogP contribution in [0, 0.1) is 13.8 Å². The first-order chi connectivity index (χ1) is 9.36. The quantitative estimate of drug-likeness (QED) is 0.891. The summed E-state index contributed by atoms with van der Waals surface area (Å²) in [6, 6.07) is 6.53. The third kappa shape index (κ3) is 2.54. The van der Waals surface area contributed by atoms with E-state index in [1.807, 2.05) is 13.8 Å². The van der Waals surface area contributed by atoms with Crippen molar-refractivity contribution in [2.75, 3.05) is 12.3 Å².